The number of hydrogen-bond acceptors (Lipinski definition) is 2. The minimum atomic E-state index is 0.0568. The van der Waals surface area contributed by atoms with Crippen molar-refractivity contribution in [2.75, 3.05) is 0 Å². The van der Waals surface area contributed by atoms with E-state index in [1.807, 2.05) is 0 Å². The smallest absolute Gasteiger partial charge is 0.186 e. The maximum Gasteiger partial charge on any atom is 0.186 e. The van der Waals surface area contributed by atoms with E-state index in [0.717, 1.165) is 19.4 Å². The monoisotopic (exact) mass is 288 g/mol. The largest absolute Gasteiger partial charge is 0.370 e. The molecule has 0 radical (unpaired) electrons. The number of benzene rings is 1. The van der Waals surface area contributed by atoms with Crippen molar-refractivity contribution in [1.29, 1.82) is 0 Å². The topological polar surface area (TPSA) is 67.6 Å². The highest BCUT2D eigenvalue weighted by Gasteiger charge is 2.45. The molecule has 21 heavy (non-hydrogen) atoms. The number of likely N-dealkylation sites (tertiary alicyclic amines) is 1. The number of aliphatic imine (C=N–C) groups is 1. The highest BCUT2D eigenvalue weighted by atomic mass is 15.3. The Hall–Kier alpha value is -1.55. The second-order valence-corrected chi connectivity index (χ2v) is 7.31. The van der Waals surface area contributed by atoms with E-state index in [9.17, 15) is 0 Å². The Morgan fingerprint density at radius 2 is 1.62 bits per heavy atom. The average Bonchev–Trinajstić information content (AvgIpc) is 2.33. The first-order chi connectivity index (χ1) is 9.71. The Morgan fingerprint density at radius 3 is 2.10 bits per heavy atom. The summed E-state index contributed by atoms with van der Waals surface area (Å²) in [7, 11) is 0. The van der Waals surface area contributed by atoms with Crippen LogP contribution in [-0.2, 0) is 6.54 Å². The first kappa shape index (κ1) is 15.8. The zero-order chi connectivity index (χ0) is 15.7. The summed E-state index contributed by atoms with van der Waals surface area (Å²) in [6, 6.07) is 10.8. The van der Waals surface area contributed by atoms with E-state index in [0.29, 0.717) is 0 Å². The van der Waals surface area contributed by atoms with Gasteiger partial charge in [0, 0.05) is 17.6 Å². The second-order valence-electron chi connectivity index (χ2n) is 7.31. The predicted octanol–water partition coefficient (Wildman–Crippen LogP) is 2.48. The summed E-state index contributed by atoms with van der Waals surface area (Å²) in [6.45, 7) is 10.1. The van der Waals surface area contributed by atoms with Gasteiger partial charge >= 0.3 is 0 Å². The van der Waals surface area contributed by atoms with E-state index in [1.54, 1.807) is 0 Å². The van der Waals surface area contributed by atoms with Crippen LogP contribution in [0.25, 0.3) is 0 Å². The van der Waals surface area contributed by atoms with Gasteiger partial charge in [0.1, 0.15) is 0 Å². The van der Waals surface area contributed by atoms with Gasteiger partial charge in [-0.25, -0.2) is 0 Å². The molecule has 0 unspecified atom stereocenters. The molecular formula is C17H28N4. The molecule has 4 nitrogen and oxygen atoms in total. The summed E-state index contributed by atoms with van der Waals surface area (Å²) in [4.78, 5) is 6.99. The van der Waals surface area contributed by atoms with Crippen LogP contribution in [-0.4, -0.2) is 28.0 Å². The predicted molar refractivity (Wildman–Crippen MR) is 89.0 cm³/mol. The van der Waals surface area contributed by atoms with Crippen LogP contribution in [0.3, 0.4) is 0 Å². The molecule has 1 aromatic rings. The van der Waals surface area contributed by atoms with Gasteiger partial charge in [-0.15, -0.1) is 0 Å². The van der Waals surface area contributed by atoms with Gasteiger partial charge in [-0.1, -0.05) is 30.3 Å². The fourth-order valence-electron chi connectivity index (χ4n) is 3.76. The van der Waals surface area contributed by atoms with Crippen LogP contribution < -0.4 is 11.5 Å². The molecule has 1 aliphatic heterocycles. The van der Waals surface area contributed by atoms with Crippen molar-refractivity contribution < 1.29 is 0 Å². The number of guanidine groups is 1. The highest BCUT2D eigenvalue weighted by molar-refractivity contribution is 5.75. The standard InChI is InChI=1S/C17H28N4/c1-16(2)10-14(20-15(18)19)11-17(3,4)21(16)12-13-8-6-5-7-9-13/h5-9,14H,10-12H2,1-4H3,(H4,18,19,20). The van der Waals surface area contributed by atoms with E-state index in [-0.39, 0.29) is 23.1 Å². The van der Waals surface area contributed by atoms with Crippen molar-refractivity contribution in [2.24, 2.45) is 16.5 Å². The SMILES string of the molecule is CC1(C)CC(N=C(N)N)CC(C)(C)N1Cc1ccccc1. The second kappa shape index (κ2) is 5.68. The van der Waals surface area contributed by atoms with Crippen LogP contribution in [0.4, 0.5) is 0 Å². The summed E-state index contributed by atoms with van der Waals surface area (Å²) in [5.41, 5.74) is 12.6. The summed E-state index contributed by atoms with van der Waals surface area (Å²) >= 11 is 0. The quantitative estimate of drug-likeness (QED) is 0.663. The van der Waals surface area contributed by atoms with Crippen molar-refractivity contribution in [3.8, 4) is 0 Å². The van der Waals surface area contributed by atoms with Crippen LogP contribution in [0, 0.1) is 0 Å². The molecular weight excluding hydrogens is 260 g/mol. The molecule has 0 saturated carbocycles. The first-order valence-corrected chi connectivity index (χ1v) is 7.61. The van der Waals surface area contributed by atoms with E-state index in [4.69, 9.17) is 11.5 Å². The highest BCUT2D eigenvalue weighted by Crippen LogP contribution is 2.40. The fourth-order valence-corrected chi connectivity index (χ4v) is 3.76. The van der Waals surface area contributed by atoms with Crippen molar-refractivity contribution in [3.05, 3.63) is 35.9 Å². The number of nitrogens with two attached hydrogens (primary N) is 2. The lowest BCUT2D eigenvalue weighted by molar-refractivity contribution is -0.0414. The van der Waals surface area contributed by atoms with E-state index in [1.165, 1.54) is 5.56 Å². The van der Waals surface area contributed by atoms with Gasteiger partial charge in [-0.3, -0.25) is 9.89 Å². The van der Waals surface area contributed by atoms with Crippen molar-refractivity contribution in [2.45, 2.75) is 64.2 Å². The number of hydrogen-bond donors (Lipinski definition) is 2. The molecule has 1 fully saturated rings. The molecule has 2 rings (SSSR count). The normalized spacial score (nSPS) is 21.9. The van der Waals surface area contributed by atoms with Crippen LogP contribution in [0.15, 0.2) is 35.3 Å². The van der Waals surface area contributed by atoms with Crippen molar-refractivity contribution >= 4 is 5.96 Å². The van der Waals surface area contributed by atoms with Gasteiger partial charge in [0.25, 0.3) is 0 Å². The van der Waals surface area contributed by atoms with Crippen LogP contribution >= 0.6 is 0 Å². The molecule has 1 aliphatic rings. The molecule has 1 aromatic carbocycles. The Bertz CT molecular complexity index is 483. The maximum atomic E-state index is 5.57. The molecule has 4 heteroatoms. The van der Waals surface area contributed by atoms with Crippen LogP contribution in [0.5, 0.6) is 0 Å². The molecule has 0 aliphatic carbocycles. The molecule has 1 saturated heterocycles. The lowest BCUT2D eigenvalue weighted by atomic mass is 9.77. The lowest BCUT2D eigenvalue weighted by Crippen LogP contribution is -2.61. The Labute approximate surface area is 128 Å². The van der Waals surface area contributed by atoms with Gasteiger partial charge in [0.05, 0.1) is 6.04 Å². The third-order valence-electron chi connectivity index (χ3n) is 4.45. The van der Waals surface area contributed by atoms with Gasteiger partial charge in [-0.05, 0) is 46.1 Å². The fraction of sp³-hybridized carbons (Fsp3) is 0.588. The summed E-state index contributed by atoms with van der Waals surface area (Å²) in [6.07, 6.45) is 1.95. The number of piperidine rings is 1. The zero-order valence-electron chi connectivity index (χ0n) is 13.6. The molecule has 0 spiro atoms. The Morgan fingerprint density at radius 1 is 1.10 bits per heavy atom. The third kappa shape index (κ3) is 3.76. The Balaban J connectivity index is 2.23. The molecule has 0 amide bonds. The van der Waals surface area contributed by atoms with Crippen molar-refractivity contribution in [1.82, 2.24) is 4.90 Å². The minimum Gasteiger partial charge on any atom is -0.370 e. The number of rotatable bonds is 3. The lowest BCUT2D eigenvalue weighted by Gasteiger charge is -2.54. The average molecular weight is 288 g/mol. The van der Waals surface area contributed by atoms with E-state index >= 15 is 0 Å². The maximum absolute atomic E-state index is 5.57. The summed E-state index contributed by atoms with van der Waals surface area (Å²) in [5.74, 6) is 0.197. The van der Waals surface area contributed by atoms with E-state index < -0.39 is 0 Å². The van der Waals surface area contributed by atoms with Gasteiger partial charge in [0.15, 0.2) is 5.96 Å². The van der Waals surface area contributed by atoms with Crippen molar-refractivity contribution in [3.63, 3.8) is 0 Å². The Kier molecular flexibility index (Phi) is 4.28. The van der Waals surface area contributed by atoms with Gasteiger partial charge in [0.2, 0.25) is 0 Å². The van der Waals surface area contributed by atoms with Crippen LogP contribution in [0.1, 0.15) is 46.1 Å². The molecule has 1 heterocycles. The first-order valence-electron chi connectivity index (χ1n) is 7.61. The molecule has 4 N–H and O–H groups in total. The molecule has 0 atom stereocenters. The zero-order valence-corrected chi connectivity index (χ0v) is 13.6. The van der Waals surface area contributed by atoms with Gasteiger partial charge < -0.3 is 11.5 Å². The number of nitrogens with zero attached hydrogens (tertiary/aromatic N) is 2. The van der Waals surface area contributed by atoms with Gasteiger partial charge in [-0.2, -0.15) is 0 Å². The molecule has 0 aromatic heterocycles. The van der Waals surface area contributed by atoms with E-state index in [2.05, 4.69) is 67.9 Å². The molecule has 0 bridgehead atoms. The summed E-state index contributed by atoms with van der Waals surface area (Å²) in [5, 5.41) is 0. The third-order valence-corrected chi connectivity index (χ3v) is 4.45. The van der Waals surface area contributed by atoms with Crippen LogP contribution in [0.2, 0.25) is 0 Å². The minimum absolute atomic E-state index is 0.0568. The summed E-state index contributed by atoms with van der Waals surface area (Å²) < 4.78 is 0. The molecule has 116 valence electrons.